The molecule has 94 valence electrons. The Morgan fingerprint density at radius 1 is 1.29 bits per heavy atom. The van der Waals surface area contributed by atoms with Crippen molar-refractivity contribution in [2.75, 3.05) is 18.1 Å². The van der Waals surface area contributed by atoms with Gasteiger partial charge in [-0.25, -0.2) is 0 Å². The molecule has 0 fully saturated rings. The second kappa shape index (κ2) is 5.92. The van der Waals surface area contributed by atoms with Crippen LogP contribution >= 0.6 is 11.8 Å². The van der Waals surface area contributed by atoms with Gasteiger partial charge in [0.1, 0.15) is 0 Å². The van der Waals surface area contributed by atoms with Crippen LogP contribution in [0.1, 0.15) is 30.9 Å². The predicted octanol–water partition coefficient (Wildman–Crippen LogP) is 3.26. The van der Waals surface area contributed by atoms with Crippen molar-refractivity contribution in [1.29, 1.82) is 0 Å². The van der Waals surface area contributed by atoms with Gasteiger partial charge in [-0.1, -0.05) is 31.2 Å². The van der Waals surface area contributed by atoms with Gasteiger partial charge in [0.05, 0.1) is 0 Å². The number of fused-ring (bicyclic) bond motifs is 1. The molecule has 2 N–H and O–H groups in total. The van der Waals surface area contributed by atoms with E-state index < -0.39 is 0 Å². The molecule has 2 rings (SSSR count). The summed E-state index contributed by atoms with van der Waals surface area (Å²) in [6, 6.07) is 8.87. The molecule has 1 aliphatic rings. The Bertz CT molecular complexity index is 364. The second-order valence-electron chi connectivity index (χ2n) is 5.10. The molecule has 0 spiro atoms. The summed E-state index contributed by atoms with van der Waals surface area (Å²) in [4.78, 5) is 0. The zero-order valence-corrected chi connectivity index (χ0v) is 11.6. The van der Waals surface area contributed by atoms with Crippen LogP contribution in [-0.4, -0.2) is 18.1 Å². The van der Waals surface area contributed by atoms with Crippen molar-refractivity contribution in [3.05, 3.63) is 35.4 Å². The number of aryl methyl sites for hydroxylation is 1. The summed E-state index contributed by atoms with van der Waals surface area (Å²) >= 11 is 2.04. The first-order chi connectivity index (χ1) is 8.29. The molecule has 1 aromatic carbocycles. The van der Waals surface area contributed by atoms with Gasteiger partial charge >= 0.3 is 0 Å². The van der Waals surface area contributed by atoms with Crippen molar-refractivity contribution in [1.82, 2.24) is 0 Å². The fraction of sp³-hybridized carbons (Fsp3) is 0.600. The van der Waals surface area contributed by atoms with E-state index in [-0.39, 0.29) is 0 Å². The van der Waals surface area contributed by atoms with Crippen LogP contribution in [0, 0.1) is 5.41 Å². The lowest BCUT2D eigenvalue weighted by molar-refractivity contribution is 0.248. The largest absolute Gasteiger partial charge is 0.330 e. The van der Waals surface area contributed by atoms with Gasteiger partial charge in [-0.2, -0.15) is 11.8 Å². The summed E-state index contributed by atoms with van der Waals surface area (Å²) in [7, 11) is 0. The normalized spacial score (nSPS) is 23.4. The zero-order chi connectivity index (χ0) is 12.1. The van der Waals surface area contributed by atoms with Crippen LogP contribution < -0.4 is 5.73 Å². The van der Waals surface area contributed by atoms with Crippen molar-refractivity contribution >= 4 is 11.8 Å². The summed E-state index contributed by atoms with van der Waals surface area (Å²) < 4.78 is 0. The van der Waals surface area contributed by atoms with Gasteiger partial charge in [0.15, 0.2) is 0 Å². The van der Waals surface area contributed by atoms with E-state index in [1.54, 1.807) is 5.56 Å². The van der Waals surface area contributed by atoms with Crippen LogP contribution in [0.3, 0.4) is 0 Å². The molecule has 1 nitrogen and oxygen atoms in total. The highest BCUT2D eigenvalue weighted by Crippen LogP contribution is 2.38. The maximum absolute atomic E-state index is 6.07. The molecule has 0 radical (unpaired) electrons. The highest BCUT2D eigenvalue weighted by molar-refractivity contribution is 7.99. The van der Waals surface area contributed by atoms with E-state index in [1.165, 1.54) is 42.8 Å². The van der Waals surface area contributed by atoms with Crippen LogP contribution in [0.5, 0.6) is 0 Å². The minimum atomic E-state index is 0.372. The highest BCUT2D eigenvalue weighted by Gasteiger charge is 2.32. The summed E-state index contributed by atoms with van der Waals surface area (Å²) in [5, 5.41) is 0. The van der Waals surface area contributed by atoms with E-state index in [0.717, 1.165) is 6.54 Å². The lowest BCUT2D eigenvalue weighted by atomic mass is 9.70. The van der Waals surface area contributed by atoms with Crippen molar-refractivity contribution in [3.63, 3.8) is 0 Å². The number of hydrogen-bond donors (Lipinski definition) is 1. The molecule has 0 heterocycles. The van der Waals surface area contributed by atoms with Gasteiger partial charge in [0, 0.05) is 0 Å². The Balaban J connectivity index is 2.06. The van der Waals surface area contributed by atoms with Crippen LogP contribution in [0.2, 0.25) is 0 Å². The summed E-state index contributed by atoms with van der Waals surface area (Å²) in [5.74, 6) is 2.48. The molecule has 0 bridgehead atoms. The van der Waals surface area contributed by atoms with E-state index in [0.29, 0.717) is 5.41 Å². The van der Waals surface area contributed by atoms with Crippen LogP contribution in [0.15, 0.2) is 24.3 Å². The standard InChI is InChI=1S/C15H23NS/c1-2-17-10-9-15(12-16)8-7-13-5-3-4-6-14(13)11-15/h3-6H,2,7-12,16H2,1H3. The molecule has 0 amide bonds. The third-order valence-corrected chi connectivity index (χ3v) is 4.92. The maximum Gasteiger partial charge on any atom is -0.00169 e. The molecule has 1 atom stereocenters. The molecule has 0 aromatic heterocycles. The Hall–Kier alpha value is -0.470. The second-order valence-corrected chi connectivity index (χ2v) is 6.49. The molecule has 17 heavy (non-hydrogen) atoms. The van der Waals surface area contributed by atoms with Crippen molar-refractivity contribution in [2.24, 2.45) is 11.1 Å². The number of rotatable bonds is 5. The SMILES string of the molecule is CCSCCC1(CN)CCc2ccccc2C1. The van der Waals surface area contributed by atoms with Crippen molar-refractivity contribution in [2.45, 2.75) is 32.6 Å². The first-order valence-electron chi connectivity index (χ1n) is 6.64. The summed E-state index contributed by atoms with van der Waals surface area (Å²) in [6.45, 7) is 3.07. The third-order valence-electron chi connectivity index (χ3n) is 4.02. The van der Waals surface area contributed by atoms with Crippen molar-refractivity contribution < 1.29 is 0 Å². The van der Waals surface area contributed by atoms with Gasteiger partial charge in [0.25, 0.3) is 0 Å². The molecule has 1 unspecified atom stereocenters. The van der Waals surface area contributed by atoms with E-state index in [1.807, 2.05) is 11.8 Å². The Kier molecular flexibility index (Phi) is 4.52. The first-order valence-corrected chi connectivity index (χ1v) is 7.80. The average molecular weight is 249 g/mol. The lowest BCUT2D eigenvalue weighted by Gasteiger charge is -2.37. The average Bonchev–Trinajstić information content (AvgIpc) is 2.39. The molecule has 2 heteroatoms. The zero-order valence-electron chi connectivity index (χ0n) is 10.7. The minimum absolute atomic E-state index is 0.372. The molecule has 1 aliphatic carbocycles. The van der Waals surface area contributed by atoms with Gasteiger partial charge < -0.3 is 5.73 Å². The fourth-order valence-corrected chi connectivity index (χ4v) is 3.65. The van der Waals surface area contributed by atoms with E-state index in [9.17, 15) is 0 Å². The van der Waals surface area contributed by atoms with E-state index in [4.69, 9.17) is 5.73 Å². The predicted molar refractivity (Wildman–Crippen MR) is 77.6 cm³/mol. The first kappa shape index (κ1) is 13.0. The third kappa shape index (κ3) is 3.05. The Labute approximate surface area is 109 Å². The molecule has 0 saturated carbocycles. The fourth-order valence-electron chi connectivity index (χ4n) is 2.79. The van der Waals surface area contributed by atoms with Gasteiger partial charge in [0.2, 0.25) is 0 Å². The topological polar surface area (TPSA) is 26.0 Å². The van der Waals surface area contributed by atoms with Crippen LogP contribution in [-0.2, 0) is 12.8 Å². The maximum atomic E-state index is 6.07. The van der Waals surface area contributed by atoms with Gasteiger partial charge in [-0.15, -0.1) is 0 Å². The molecule has 1 aromatic rings. The molecule has 0 aliphatic heterocycles. The highest BCUT2D eigenvalue weighted by atomic mass is 32.2. The number of hydrogen-bond acceptors (Lipinski definition) is 2. The molecule has 0 saturated heterocycles. The smallest absolute Gasteiger partial charge is 0.00169 e. The summed E-state index contributed by atoms with van der Waals surface area (Å²) in [6.07, 6.45) is 4.94. The Morgan fingerprint density at radius 2 is 2.06 bits per heavy atom. The molecular weight excluding hydrogens is 226 g/mol. The monoisotopic (exact) mass is 249 g/mol. The summed E-state index contributed by atoms with van der Waals surface area (Å²) in [5.41, 5.74) is 9.51. The number of nitrogens with two attached hydrogens (primary N) is 1. The van der Waals surface area contributed by atoms with E-state index in [2.05, 4.69) is 31.2 Å². The number of benzene rings is 1. The minimum Gasteiger partial charge on any atom is -0.330 e. The van der Waals surface area contributed by atoms with Crippen molar-refractivity contribution in [3.8, 4) is 0 Å². The van der Waals surface area contributed by atoms with E-state index >= 15 is 0 Å². The van der Waals surface area contributed by atoms with Gasteiger partial charge in [-0.05, 0) is 60.3 Å². The van der Waals surface area contributed by atoms with Crippen LogP contribution in [0.25, 0.3) is 0 Å². The van der Waals surface area contributed by atoms with Crippen LogP contribution in [0.4, 0.5) is 0 Å². The lowest BCUT2D eigenvalue weighted by Crippen LogP contribution is -2.37. The molecular formula is C15H23NS. The Morgan fingerprint density at radius 3 is 2.76 bits per heavy atom. The van der Waals surface area contributed by atoms with Gasteiger partial charge in [-0.3, -0.25) is 0 Å². The number of thioether (sulfide) groups is 1. The quantitative estimate of drug-likeness (QED) is 0.811.